The number of hydrogen-bond acceptors (Lipinski definition) is 1. The Kier molecular flexibility index (Phi) is 10.0. The van der Waals surface area contributed by atoms with Crippen molar-refractivity contribution < 1.29 is 5.11 Å². The Hall–Kier alpha value is -2.54. The van der Waals surface area contributed by atoms with E-state index in [9.17, 15) is 5.11 Å². The van der Waals surface area contributed by atoms with Crippen molar-refractivity contribution in [1.82, 2.24) is 0 Å². The minimum atomic E-state index is 0.101. The largest absolute Gasteiger partial charge is 0.508 e. The van der Waals surface area contributed by atoms with Gasteiger partial charge in [-0.1, -0.05) is 145 Å². The van der Waals surface area contributed by atoms with E-state index >= 15 is 0 Å². The molecule has 1 nitrogen and oxygen atoms in total. The van der Waals surface area contributed by atoms with Gasteiger partial charge in [0.1, 0.15) is 5.75 Å². The van der Waals surface area contributed by atoms with Gasteiger partial charge in [-0.25, -0.2) is 0 Å². The SMILES string of the molecule is CC(C)(c1ccccc1)C(CCCCCCCCCc1ccccc1O)C(C)(C)c1ccccc1. The maximum Gasteiger partial charge on any atom is 0.118 e. The van der Waals surface area contributed by atoms with Crippen molar-refractivity contribution in [3.8, 4) is 5.75 Å². The summed E-state index contributed by atoms with van der Waals surface area (Å²) in [5.74, 6) is 0.997. The predicted octanol–water partition coefficient (Wildman–Crippen LogP) is 9.63. The van der Waals surface area contributed by atoms with Crippen LogP contribution < -0.4 is 0 Å². The highest BCUT2D eigenvalue weighted by Gasteiger charge is 2.41. The molecule has 0 heterocycles. The van der Waals surface area contributed by atoms with Crippen molar-refractivity contribution >= 4 is 0 Å². The standard InChI is InChI=1S/C34H46O/c1-33(2,29-22-13-10-14-23-29)32(34(3,4)30-24-15-11-16-25-30)27-17-9-7-5-6-8-12-20-28-21-18-19-26-31(28)35/h10-11,13-16,18-19,21-26,32,35H,5-9,12,17,20,27H2,1-4H3. The normalized spacial score (nSPS) is 12.3. The molecule has 3 aromatic rings. The highest BCUT2D eigenvalue weighted by atomic mass is 16.3. The van der Waals surface area contributed by atoms with E-state index in [0.29, 0.717) is 11.7 Å². The van der Waals surface area contributed by atoms with Crippen LogP contribution in [0.2, 0.25) is 0 Å². The second-order valence-corrected chi connectivity index (χ2v) is 11.4. The molecule has 35 heavy (non-hydrogen) atoms. The van der Waals surface area contributed by atoms with Crippen LogP contribution in [0.15, 0.2) is 84.9 Å². The summed E-state index contributed by atoms with van der Waals surface area (Å²) in [5, 5.41) is 9.91. The van der Waals surface area contributed by atoms with Gasteiger partial charge >= 0.3 is 0 Å². The average molecular weight is 471 g/mol. The van der Waals surface area contributed by atoms with E-state index in [-0.39, 0.29) is 10.8 Å². The topological polar surface area (TPSA) is 20.2 Å². The fraction of sp³-hybridized carbons (Fsp3) is 0.471. The molecule has 0 atom stereocenters. The molecule has 0 aliphatic carbocycles. The third-order valence-corrected chi connectivity index (χ3v) is 8.21. The number of aromatic hydroxyl groups is 1. The number of aryl methyl sites for hydroxylation is 1. The van der Waals surface area contributed by atoms with Crippen LogP contribution in [0, 0.1) is 5.92 Å². The lowest BCUT2D eigenvalue weighted by Gasteiger charge is -2.46. The smallest absolute Gasteiger partial charge is 0.118 e. The van der Waals surface area contributed by atoms with Crippen LogP contribution in [0.25, 0.3) is 0 Å². The van der Waals surface area contributed by atoms with Gasteiger partial charge in [-0.2, -0.15) is 0 Å². The molecular weight excluding hydrogens is 424 g/mol. The molecule has 0 amide bonds. The van der Waals surface area contributed by atoms with E-state index in [1.165, 1.54) is 56.1 Å². The van der Waals surface area contributed by atoms with Crippen LogP contribution in [0.5, 0.6) is 5.75 Å². The molecule has 188 valence electrons. The van der Waals surface area contributed by atoms with Crippen LogP contribution >= 0.6 is 0 Å². The lowest BCUT2D eigenvalue weighted by molar-refractivity contribution is 0.181. The number of phenols is 1. The second-order valence-electron chi connectivity index (χ2n) is 11.4. The summed E-state index contributed by atoms with van der Waals surface area (Å²) in [5.41, 5.74) is 4.17. The first-order chi connectivity index (χ1) is 16.8. The van der Waals surface area contributed by atoms with Gasteiger partial charge in [0.2, 0.25) is 0 Å². The van der Waals surface area contributed by atoms with Crippen LogP contribution in [-0.2, 0) is 17.3 Å². The zero-order chi connectivity index (χ0) is 25.2. The van der Waals surface area contributed by atoms with E-state index in [4.69, 9.17) is 0 Å². The van der Waals surface area contributed by atoms with Crippen LogP contribution in [-0.4, -0.2) is 5.11 Å². The molecule has 3 rings (SSSR count). The number of phenolic OH excluding ortho intramolecular Hbond substituents is 1. The van der Waals surface area contributed by atoms with E-state index in [2.05, 4.69) is 88.4 Å². The summed E-state index contributed by atoms with van der Waals surface area (Å²) < 4.78 is 0. The summed E-state index contributed by atoms with van der Waals surface area (Å²) in [6.07, 6.45) is 11.2. The summed E-state index contributed by atoms with van der Waals surface area (Å²) >= 11 is 0. The highest BCUT2D eigenvalue weighted by molar-refractivity contribution is 5.32. The number of hydrogen-bond donors (Lipinski definition) is 1. The summed E-state index contributed by atoms with van der Waals surface area (Å²) in [7, 11) is 0. The summed E-state index contributed by atoms with van der Waals surface area (Å²) in [6, 6.07) is 30.0. The number of benzene rings is 3. The Balaban J connectivity index is 1.50. The molecule has 0 saturated carbocycles. The molecule has 0 saturated heterocycles. The fourth-order valence-corrected chi connectivity index (χ4v) is 6.03. The quantitative estimate of drug-likeness (QED) is 0.232. The Labute approximate surface area is 214 Å². The maximum absolute atomic E-state index is 9.91. The van der Waals surface area contributed by atoms with Crippen molar-refractivity contribution in [3.05, 3.63) is 102 Å². The molecule has 0 fully saturated rings. The van der Waals surface area contributed by atoms with Crippen molar-refractivity contribution in [2.45, 2.75) is 96.3 Å². The van der Waals surface area contributed by atoms with Gasteiger partial charge in [0, 0.05) is 0 Å². The number of rotatable bonds is 14. The number of unbranched alkanes of at least 4 members (excludes halogenated alkanes) is 6. The molecule has 1 heteroatoms. The monoisotopic (exact) mass is 470 g/mol. The van der Waals surface area contributed by atoms with Gasteiger partial charge in [-0.3, -0.25) is 0 Å². The van der Waals surface area contributed by atoms with Crippen LogP contribution in [0.4, 0.5) is 0 Å². The third-order valence-electron chi connectivity index (χ3n) is 8.21. The summed E-state index contributed by atoms with van der Waals surface area (Å²) in [4.78, 5) is 0. The predicted molar refractivity (Wildman–Crippen MR) is 151 cm³/mol. The second kappa shape index (κ2) is 13.0. The minimum absolute atomic E-state index is 0.101. The van der Waals surface area contributed by atoms with Crippen molar-refractivity contribution in [2.75, 3.05) is 0 Å². The molecule has 0 spiro atoms. The zero-order valence-electron chi connectivity index (χ0n) is 22.5. The molecule has 0 aliphatic heterocycles. The minimum Gasteiger partial charge on any atom is -0.508 e. The van der Waals surface area contributed by atoms with E-state index in [0.717, 1.165) is 18.4 Å². The lowest BCUT2D eigenvalue weighted by Crippen LogP contribution is -2.42. The molecule has 0 aromatic heterocycles. The van der Waals surface area contributed by atoms with Crippen molar-refractivity contribution in [1.29, 1.82) is 0 Å². The van der Waals surface area contributed by atoms with Gasteiger partial charge in [-0.05, 0) is 58.8 Å². The first-order valence-electron chi connectivity index (χ1n) is 13.7. The maximum atomic E-state index is 9.91. The molecule has 0 unspecified atom stereocenters. The molecule has 1 N–H and O–H groups in total. The Bertz CT molecular complexity index is 936. The Morgan fingerprint density at radius 2 is 0.971 bits per heavy atom. The van der Waals surface area contributed by atoms with Gasteiger partial charge < -0.3 is 5.11 Å². The van der Waals surface area contributed by atoms with Gasteiger partial charge in [-0.15, -0.1) is 0 Å². The average Bonchev–Trinajstić information content (AvgIpc) is 2.87. The van der Waals surface area contributed by atoms with E-state index in [1.807, 2.05) is 18.2 Å². The molecule has 0 radical (unpaired) electrons. The zero-order valence-corrected chi connectivity index (χ0v) is 22.5. The molecular formula is C34H46O. The Morgan fingerprint density at radius 3 is 1.49 bits per heavy atom. The Morgan fingerprint density at radius 1 is 0.543 bits per heavy atom. The fourth-order valence-electron chi connectivity index (χ4n) is 6.03. The van der Waals surface area contributed by atoms with Crippen molar-refractivity contribution in [3.63, 3.8) is 0 Å². The van der Waals surface area contributed by atoms with Crippen LogP contribution in [0.3, 0.4) is 0 Å². The third kappa shape index (κ3) is 7.47. The molecule has 3 aromatic carbocycles. The lowest BCUT2D eigenvalue weighted by atomic mass is 9.58. The highest BCUT2D eigenvalue weighted by Crippen LogP contribution is 2.47. The van der Waals surface area contributed by atoms with E-state index < -0.39 is 0 Å². The molecule has 0 aliphatic rings. The van der Waals surface area contributed by atoms with Gasteiger partial charge in [0.25, 0.3) is 0 Å². The first-order valence-corrected chi connectivity index (χ1v) is 13.7. The number of para-hydroxylation sites is 1. The van der Waals surface area contributed by atoms with Gasteiger partial charge in [0.15, 0.2) is 0 Å². The van der Waals surface area contributed by atoms with Crippen molar-refractivity contribution in [2.24, 2.45) is 5.92 Å². The first kappa shape index (κ1) is 27.1. The van der Waals surface area contributed by atoms with E-state index in [1.54, 1.807) is 6.07 Å². The van der Waals surface area contributed by atoms with Gasteiger partial charge in [0.05, 0.1) is 0 Å². The van der Waals surface area contributed by atoms with Crippen LogP contribution in [0.1, 0.15) is 95.8 Å². The summed E-state index contributed by atoms with van der Waals surface area (Å²) in [6.45, 7) is 9.79. The molecule has 0 bridgehead atoms.